The summed E-state index contributed by atoms with van der Waals surface area (Å²) >= 11 is 0. The van der Waals surface area contributed by atoms with E-state index < -0.39 is 7.37 Å². The van der Waals surface area contributed by atoms with Crippen LogP contribution in [0.1, 0.15) is 13.8 Å². The van der Waals surface area contributed by atoms with Gasteiger partial charge in [-0.05, 0) is 12.3 Å². The second-order valence-corrected chi connectivity index (χ2v) is 4.34. The van der Waals surface area contributed by atoms with Gasteiger partial charge in [0.15, 0.2) is 0 Å². The van der Waals surface area contributed by atoms with Crippen molar-refractivity contribution in [1.29, 1.82) is 0 Å². The molecule has 0 bridgehead atoms. The zero-order valence-electron chi connectivity index (χ0n) is 5.26. The molecule has 0 aromatic carbocycles. The molecule has 0 saturated carbocycles. The van der Waals surface area contributed by atoms with E-state index in [4.69, 9.17) is 0 Å². The van der Waals surface area contributed by atoms with Crippen LogP contribution in [0.4, 0.5) is 0 Å². The third kappa shape index (κ3) is 4.87. The van der Waals surface area contributed by atoms with Crippen molar-refractivity contribution in [2.75, 3.05) is 12.3 Å². The average Bonchev–Trinajstić information content (AvgIpc) is 1.68. The summed E-state index contributed by atoms with van der Waals surface area (Å²) in [6.45, 7) is 3.33. The molecule has 0 radical (unpaired) electrons. The van der Waals surface area contributed by atoms with E-state index in [0.29, 0.717) is 12.3 Å². The summed E-state index contributed by atoms with van der Waals surface area (Å²) in [5, 5.41) is 0. The van der Waals surface area contributed by atoms with Crippen LogP contribution in [0.25, 0.3) is 0 Å². The number of hydrogen-bond donors (Lipinski definition) is 0. The van der Waals surface area contributed by atoms with E-state index in [2.05, 4.69) is 0 Å². The van der Waals surface area contributed by atoms with Crippen molar-refractivity contribution in [3.05, 3.63) is 0 Å². The maximum Gasteiger partial charge on any atom is 3.00 e. The molecule has 44 valence electrons. The number of rotatable bonds is 2. The Morgan fingerprint density at radius 1 is 1.38 bits per heavy atom. The Morgan fingerprint density at radius 2 is 1.62 bits per heavy atom. The Hall–Kier alpha value is 0.722. The van der Waals surface area contributed by atoms with Gasteiger partial charge in [-0.25, -0.2) is 0 Å². The molecule has 4 heteroatoms. The molecule has 0 aliphatic heterocycles. The van der Waals surface area contributed by atoms with E-state index in [1.165, 1.54) is 0 Å². The molecule has 0 N–H and O–H groups in total. The van der Waals surface area contributed by atoms with Gasteiger partial charge < -0.3 is 9.46 Å². The quantitative estimate of drug-likeness (QED) is 0.417. The second kappa shape index (κ2) is 4.59. The Kier molecular flexibility index (Phi) is 6.60. The zero-order chi connectivity index (χ0) is 5.91. The van der Waals surface area contributed by atoms with Gasteiger partial charge in [0.2, 0.25) is 0 Å². The van der Waals surface area contributed by atoms with Crippen molar-refractivity contribution >= 4 is 24.7 Å². The summed E-state index contributed by atoms with van der Waals surface area (Å²) < 4.78 is 10.4. The minimum Gasteiger partial charge on any atom is -0.799 e. The van der Waals surface area contributed by atoms with Crippen LogP contribution in [0.5, 0.6) is 0 Å². The first-order valence-corrected chi connectivity index (χ1v) is 4.41. The molecule has 0 rings (SSSR count). The number of hydrogen-bond acceptors (Lipinski definition) is 2. The third-order valence-electron chi connectivity index (χ3n) is 0.964. The van der Waals surface area contributed by atoms with E-state index in [1.54, 1.807) is 13.8 Å². The van der Waals surface area contributed by atoms with Crippen molar-refractivity contribution in [2.45, 2.75) is 13.8 Å². The predicted molar refractivity (Wildman–Crippen MR) is 34.4 cm³/mol. The summed E-state index contributed by atoms with van der Waals surface area (Å²) in [5.74, 6) is 0. The molecule has 0 aliphatic carbocycles. The fourth-order valence-electron chi connectivity index (χ4n) is 0.224. The Morgan fingerprint density at radius 3 is 1.62 bits per heavy atom. The van der Waals surface area contributed by atoms with E-state index in [1.807, 2.05) is 0 Å². The first-order valence-electron chi connectivity index (χ1n) is 2.41. The Bertz CT molecular complexity index is 86.0. The topological polar surface area (TPSA) is 40.1 Å². The Labute approximate surface area is 60.9 Å². The minimum atomic E-state index is -2.90. The molecule has 0 aliphatic rings. The van der Waals surface area contributed by atoms with Crippen molar-refractivity contribution in [3.63, 3.8) is 0 Å². The van der Waals surface area contributed by atoms with Crippen LogP contribution in [-0.2, 0) is 4.57 Å². The Balaban J connectivity index is 0. The fourth-order valence-corrected chi connectivity index (χ4v) is 0.671. The first-order chi connectivity index (χ1) is 3.12. The summed E-state index contributed by atoms with van der Waals surface area (Å²) in [6, 6.07) is 0. The molecule has 0 atom stereocenters. The second-order valence-electron chi connectivity index (χ2n) is 1.45. The fraction of sp³-hybridized carbons (Fsp3) is 1.00. The van der Waals surface area contributed by atoms with Gasteiger partial charge in [-0.1, -0.05) is 13.8 Å². The van der Waals surface area contributed by atoms with E-state index in [0.717, 1.165) is 0 Å². The van der Waals surface area contributed by atoms with Crippen LogP contribution in [0.15, 0.2) is 0 Å². The molecule has 0 heterocycles. The molecular weight excluding hydrogens is 138 g/mol. The normalized spacial score (nSPS) is 10.4. The van der Waals surface area contributed by atoms with Crippen molar-refractivity contribution in [2.24, 2.45) is 0 Å². The maximum atomic E-state index is 10.4. The first kappa shape index (κ1) is 11.5. The van der Waals surface area contributed by atoms with E-state index >= 15 is 0 Å². The van der Waals surface area contributed by atoms with Gasteiger partial charge in [0, 0.05) is 7.37 Å². The minimum absolute atomic E-state index is 0. The van der Waals surface area contributed by atoms with E-state index in [9.17, 15) is 9.46 Å². The zero-order valence-corrected chi connectivity index (χ0v) is 7.30. The molecule has 2 nitrogen and oxygen atoms in total. The predicted octanol–water partition coefficient (Wildman–Crippen LogP) is 0.284. The summed E-state index contributed by atoms with van der Waals surface area (Å²) in [6.07, 6.45) is 0.590. The van der Waals surface area contributed by atoms with Crippen molar-refractivity contribution in [1.82, 2.24) is 0 Å². The molecule has 8 heavy (non-hydrogen) atoms. The SMILES string of the molecule is CCP(=O)([O-])CC.[Al+3]. The average molecular weight is 148 g/mol. The van der Waals surface area contributed by atoms with Crippen LogP contribution in [0.2, 0.25) is 0 Å². The smallest absolute Gasteiger partial charge is 0.799 e. The largest absolute Gasteiger partial charge is 3.00 e. The molecule has 0 amide bonds. The van der Waals surface area contributed by atoms with Crippen LogP contribution < -0.4 is 4.89 Å². The van der Waals surface area contributed by atoms with Crippen molar-refractivity contribution in [3.8, 4) is 0 Å². The van der Waals surface area contributed by atoms with Crippen LogP contribution in [0, 0.1) is 0 Å². The van der Waals surface area contributed by atoms with Gasteiger partial charge in [0.1, 0.15) is 0 Å². The molecule has 0 fully saturated rings. The third-order valence-corrected chi connectivity index (χ3v) is 2.89. The maximum absolute atomic E-state index is 10.4. The van der Waals surface area contributed by atoms with Gasteiger partial charge in [-0.15, -0.1) is 0 Å². The van der Waals surface area contributed by atoms with Crippen molar-refractivity contribution < 1.29 is 9.46 Å². The van der Waals surface area contributed by atoms with Crippen LogP contribution >= 0.6 is 7.37 Å². The summed E-state index contributed by atoms with van der Waals surface area (Å²) in [4.78, 5) is 10.4. The molecule has 0 aromatic rings. The molecular formula is C4H10AlO2P+2. The molecule has 0 aromatic heterocycles. The van der Waals surface area contributed by atoms with Crippen LogP contribution in [-0.4, -0.2) is 29.7 Å². The standard InChI is InChI=1S/C4H11O2P.Al/c1-3-7(5,6)4-2;/h3-4H2,1-2H3,(H,5,6);/q;+3/p-1. The molecule has 0 spiro atoms. The van der Waals surface area contributed by atoms with Gasteiger partial charge in [0.05, 0.1) is 0 Å². The molecule has 0 saturated heterocycles. The van der Waals surface area contributed by atoms with Gasteiger partial charge in [-0.2, -0.15) is 0 Å². The van der Waals surface area contributed by atoms with Gasteiger partial charge in [-0.3, -0.25) is 0 Å². The molecule has 0 unspecified atom stereocenters. The van der Waals surface area contributed by atoms with Gasteiger partial charge in [0.25, 0.3) is 0 Å². The summed E-state index contributed by atoms with van der Waals surface area (Å²) in [5.41, 5.74) is 0. The monoisotopic (exact) mass is 148 g/mol. The van der Waals surface area contributed by atoms with E-state index in [-0.39, 0.29) is 17.4 Å². The summed E-state index contributed by atoms with van der Waals surface area (Å²) in [7, 11) is -2.90. The van der Waals surface area contributed by atoms with Gasteiger partial charge >= 0.3 is 17.4 Å². The van der Waals surface area contributed by atoms with Crippen LogP contribution in [0.3, 0.4) is 0 Å².